The van der Waals surface area contributed by atoms with E-state index in [2.05, 4.69) is 15.8 Å². The van der Waals surface area contributed by atoms with Crippen molar-refractivity contribution in [2.75, 3.05) is 12.4 Å². The summed E-state index contributed by atoms with van der Waals surface area (Å²) in [7, 11) is 1.48. The van der Waals surface area contributed by atoms with Crippen LogP contribution < -0.4 is 15.5 Å². The number of methoxy groups -OCH3 is 1. The van der Waals surface area contributed by atoms with Gasteiger partial charge in [-0.15, -0.1) is 0 Å². The van der Waals surface area contributed by atoms with Gasteiger partial charge in [0.1, 0.15) is 17.6 Å². The molecule has 0 atom stereocenters. The van der Waals surface area contributed by atoms with E-state index in [4.69, 9.17) is 21.6 Å². The van der Waals surface area contributed by atoms with Crippen molar-refractivity contribution in [2.24, 2.45) is 5.10 Å². The smallest absolute Gasteiger partial charge is 0.271 e. The summed E-state index contributed by atoms with van der Waals surface area (Å²) in [5, 5.41) is 25.8. The highest BCUT2D eigenvalue weighted by atomic mass is 35.5. The third kappa shape index (κ3) is 6.32. The summed E-state index contributed by atoms with van der Waals surface area (Å²) >= 11 is 5.86. The topological polar surface area (TPSA) is 124 Å². The highest BCUT2D eigenvalue weighted by Crippen LogP contribution is 2.22. The number of hydrogen-bond acceptors (Lipinski definition) is 6. The van der Waals surface area contributed by atoms with Crippen LogP contribution in [0.15, 0.2) is 65.8 Å². The molecule has 3 aromatic rings. The maximum atomic E-state index is 12.3. The van der Waals surface area contributed by atoms with E-state index in [9.17, 15) is 14.7 Å². The predicted molar refractivity (Wildman–Crippen MR) is 125 cm³/mol. The summed E-state index contributed by atoms with van der Waals surface area (Å²) in [6, 6.07) is 17.7. The lowest BCUT2D eigenvalue weighted by atomic mass is 10.1. The number of carbonyl (C=O) groups excluding carboxylic acids is 2. The maximum absolute atomic E-state index is 12.3. The van der Waals surface area contributed by atoms with Crippen LogP contribution in [0.25, 0.3) is 0 Å². The number of nitriles is 1. The molecule has 3 rings (SSSR count). The normalized spacial score (nSPS) is 10.5. The zero-order chi connectivity index (χ0) is 23.8. The van der Waals surface area contributed by atoms with Crippen molar-refractivity contribution in [3.05, 3.63) is 87.9 Å². The number of anilines is 1. The van der Waals surface area contributed by atoms with Crippen LogP contribution in [0, 0.1) is 11.3 Å². The van der Waals surface area contributed by atoms with Gasteiger partial charge < -0.3 is 15.2 Å². The standard InChI is InChI=1S/C24H19ClN4O4/c1-33-22-12-20(28-23(31)10-15-2-6-19(25)7-3-15)8-4-17(22)14-27-29-24(32)16-5-9-21(30)18(11-16)13-26/h2-9,11-12,14,30H,10H2,1H3,(H,28,31)(H,29,32)/b27-14-. The minimum Gasteiger partial charge on any atom is -0.507 e. The van der Waals surface area contributed by atoms with Gasteiger partial charge in [-0.2, -0.15) is 10.4 Å². The molecule has 166 valence electrons. The summed E-state index contributed by atoms with van der Waals surface area (Å²) in [6.07, 6.45) is 1.58. The molecular formula is C24H19ClN4O4. The molecular weight excluding hydrogens is 444 g/mol. The molecule has 0 aliphatic rings. The van der Waals surface area contributed by atoms with Crippen LogP contribution >= 0.6 is 11.6 Å². The second-order valence-electron chi connectivity index (χ2n) is 6.85. The quantitative estimate of drug-likeness (QED) is 0.363. The predicted octanol–water partition coefficient (Wildman–Crippen LogP) is 3.87. The van der Waals surface area contributed by atoms with Gasteiger partial charge in [-0.3, -0.25) is 9.59 Å². The van der Waals surface area contributed by atoms with Crippen LogP contribution in [-0.4, -0.2) is 30.2 Å². The van der Waals surface area contributed by atoms with E-state index in [0.717, 1.165) is 5.56 Å². The number of carbonyl (C=O) groups is 2. The Hall–Kier alpha value is -4.35. The van der Waals surface area contributed by atoms with Crippen LogP contribution in [0.3, 0.4) is 0 Å². The molecule has 0 spiro atoms. The average Bonchev–Trinajstić information content (AvgIpc) is 2.81. The van der Waals surface area contributed by atoms with Crippen molar-refractivity contribution in [1.82, 2.24) is 5.43 Å². The largest absolute Gasteiger partial charge is 0.507 e. The highest BCUT2D eigenvalue weighted by molar-refractivity contribution is 6.30. The Labute approximate surface area is 195 Å². The van der Waals surface area contributed by atoms with Gasteiger partial charge in [-0.1, -0.05) is 23.7 Å². The fourth-order valence-corrected chi connectivity index (χ4v) is 3.01. The first-order valence-electron chi connectivity index (χ1n) is 9.68. The molecule has 33 heavy (non-hydrogen) atoms. The first-order chi connectivity index (χ1) is 15.9. The third-order valence-electron chi connectivity index (χ3n) is 4.54. The lowest BCUT2D eigenvalue weighted by Gasteiger charge is -2.10. The van der Waals surface area contributed by atoms with Gasteiger partial charge in [-0.05, 0) is 48.0 Å². The van der Waals surface area contributed by atoms with Crippen molar-refractivity contribution in [2.45, 2.75) is 6.42 Å². The minimum absolute atomic E-state index is 0.0120. The molecule has 0 radical (unpaired) electrons. The van der Waals surface area contributed by atoms with Crippen LogP contribution in [0.4, 0.5) is 5.69 Å². The number of hydrogen-bond donors (Lipinski definition) is 3. The van der Waals surface area contributed by atoms with E-state index in [-0.39, 0.29) is 29.2 Å². The molecule has 3 aromatic carbocycles. The Morgan fingerprint density at radius 2 is 1.91 bits per heavy atom. The number of halogens is 1. The Morgan fingerprint density at radius 3 is 2.61 bits per heavy atom. The van der Waals surface area contributed by atoms with Crippen LogP contribution in [-0.2, 0) is 11.2 Å². The lowest BCUT2D eigenvalue weighted by molar-refractivity contribution is -0.115. The summed E-state index contributed by atoms with van der Waals surface area (Å²) in [5.41, 5.74) is 4.45. The second kappa shape index (κ2) is 10.8. The van der Waals surface area contributed by atoms with Gasteiger partial charge in [0.05, 0.1) is 25.3 Å². The average molecular weight is 463 g/mol. The molecule has 0 saturated carbocycles. The molecule has 0 saturated heterocycles. The zero-order valence-electron chi connectivity index (χ0n) is 17.5. The molecule has 0 bridgehead atoms. The summed E-state index contributed by atoms with van der Waals surface area (Å²) < 4.78 is 5.35. The molecule has 0 aromatic heterocycles. The van der Waals surface area contributed by atoms with Crippen LogP contribution in [0.5, 0.6) is 11.5 Å². The molecule has 8 nitrogen and oxygen atoms in total. The number of aromatic hydroxyl groups is 1. The monoisotopic (exact) mass is 462 g/mol. The Bertz CT molecular complexity index is 1250. The lowest BCUT2D eigenvalue weighted by Crippen LogP contribution is -2.17. The number of ether oxygens (including phenoxy) is 1. The summed E-state index contributed by atoms with van der Waals surface area (Å²) in [5.74, 6) is -0.511. The number of phenolic OH excluding ortho intramolecular Hbond substituents is 1. The SMILES string of the molecule is COc1cc(NC(=O)Cc2ccc(Cl)cc2)ccc1/C=N\NC(=O)c1ccc(O)c(C#N)c1. The number of benzene rings is 3. The van der Waals surface area contributed by atoms with Crippen molar-refractivity contribution in [3.63, 3.8) is 0 Å². The molecule has 0 heterocycles. The fourth-order valence-electron chi connectivity index (χ4n) is 2.88. The Morgan fingerprint density at radius 1 is 1.15 bits per heavy atom. The van der Waals surface area contributed by atoms with Crippen molar-refractivity contribution in [3.8, 4) is 17.6 Å². The van der Waals surface area contributed by atoms with Gasteiger partial charge in [0, 0.05) is 27.9 Å². The van der Waals surface area contributed by atoms with Crippen LogP contribution in [0.1, 0.15) is 27.0 Å². The number of nitrogens with one attached hydrogen (secondary N) is 2. The summed E-state index contributed by atoms with van der Waals surface area (Å²) in [4.78, 5) is 24.5. The van der Waals surface area contributed by atoms with E-state index in [1.807, 2.05) is 0 Å². The first-order valence-corrected chi connectivity index (χ1v) is 10.1. The van der Waals surface area contributed by atoms with Crippen molar-refractivity contribution < 1.29 is 19.4 Å². The molecule has 0 aliphatic carbocycles. The molecule has 0 aliphatic heterocycles. The fraction of sp³-hybridized carbons (Fsp3) is 0.0833. The molecule has 0 fully saturated rings. The first kappa shape index (κ1) is 23.3. The van der Waals surface area contributed by atoms with Gasteiger partial charge >= 0.3 is 0 Å². The number of phenols is 1. The van der Waals surface area contributed by atoms with Crippen LogP contribution in [0.2, 0.25) is 5.02 Å². The van der Waals surface area contributed by atoms with Gasteiger partial charge in [0.2, 0.25) is 5.91 Å². The molecule has 9 heteroatoms. The van der Waals surface area contributed by atoms with Gasteiger partial charge in [-0.25, -0.2) is 5.43 Å². The number of amides is 2. The number of nitrogens with zero attached hydrogens (tertiary/aromatic N) is 2. The minimum atomic E-state index is -0.548. The van der Waals surface area contributed by atoms with E-state index in [1.165, 1.54) is 31.5 Å². The summed E-state index contributed by atoms with van der Waals surface area (Å²) in [6.45, 7) is 0. The Balaban J connectivity index is 1.63. The van der Waals surface area contributed by atoms with E-state index < -0.39 is 5.91 Å². The van der Waals surface area contributed by atoms with Gasteiger partial charge in [0.25, 0.3) is 5.91 Å². The van der Waals surface area contributed by atoms with E-state index >= 15 is 0 Å². The van der Waals surface area contributed by atoms with E-state index in [1.54, 1.807) is 48.5 Å². The van der Waals surface area contributed by atoms with Crippen molar-refractivity contribution >= 4 is 35.3 Å². The zero-order valence-corrected chi connectivity index (χ0v) is 18.3. The molecule has 2 amide bonds. The third-order valence-corrected chi connectivity index (χ3v) is 4.80. The number of rotatable bonds is 7. The molecule has 3 N–H and O–H groups in total. The van der Waals surface area contributed by atoms with E-state index in [0.29, 0.717) is 22.0 Å². The number of hydrazone groups is 1. The highest BCUT2D eigenvalue weighted by Gasteiger charge is 2.10. The Kier molecular flexibility index (Phi) is 7.63. The maximum Gasteiger partial charge on any atom is 0.271 e. The molecule has 0 unspecified atom stereocenters. The van der Waals surface area contributed by atoms with Crippen molar-refractivity contribution in [1.29, 1.82) is 5.26 Å². The second-order valence-corrected chi connectivity index (χ2v) is 7.29. The van der Waals surface area contributed by atoms with Gasteiger partial charge in [0.15, 0.2) is 0 Å².